The van der Waals surface area contributed by atoms with Crippen molar-refractivity contribution in [2.24, 2.45) is 17.6 Å². The number of hydrogen-bond acceptors (Lipinski definition) is 4. The Labute approximate surface area is 137 Å². The van der Waals surface area contributed by atoms with Crippen molar-refractivity contribution in [1.82, 2.24) is 4.90 Å². The van der Waals surface area contributed by atoms with Crippen LogP contribution in [0.4, 0.5) is 0 Å². The maximum atomic E-state index is 12.6. The number of ether oxygens (including phenoxy) is 1. The van der Waals surface area contributed by atoms with Crippen LogP contribution < -0.4 is 10.5 Å². The molecule has 122 valence electrons. The number of carbonyl (C=O) groups excluding carboxylic acids is 1. The van der Waals surface area contributed by atoms with Gasteiger partial charge in [-0.2, -0.15) is 0 Å². The minimum absolute atomic E-state index is 0.0994. The van der Waals surface area contributed by atoms with Crippen LogP contribution in [-0.4, -0.2) is 37.8 Å². The lowest BCUT2D eigenvalue weighted by atomic mass is 9.95. The lowest BCUT2D eigenvalue weighted by molar-refractivity contribution is -0.135. The van der Waals surface area contributed by atoms with Crippen LogP contribution in [-0.2, 0) is 11.3 Å². The van der Waals surface area contributed by atoms with E-state index in [1.54, 1.807) is 18.9 Å². The largest absolute Gasteiger partial charge is 0.496 e. The van der Waals surface area contributed by atoms with Crippen molar-refractivity contribution < 1.29 is 9.53 Å². The van der Waals surface area contributed by atoms with E-state index in [0.29, 0.717) is 19.0 Å². The molecule has 0 aliphatic heterocycles. The summed E-state index contributed by atoms with van der Waals surface area (Å²) in [6, 6.07) is 6.13. The van der Waals surface area contributed by atoms with Gasteiger partial charge in [0.1, 0.15) is 5.75 Å². The summed E-state index contributed by atoms with van der Waals surface area (Å²) in [7, 11) is 3.56. The molecular weight excluding hydrogens is 296 g/mol. The normalized spacial score (nSPS) is 20.9. The zero-order valence-corrected chi connectivity index (χ0v) is 14.5. The highest BCUT2D eigenvalue weighted by atomic mass is 32.2. The Morgan fingerprint density at radius 3 is 2.86 bits per heavy atom. The first-order valence-electron chi connectivity index (χ1n) is 7.76. The zero-order chi connectivity index (χ0) is 16.1. The van der Waals surface area contributed by atoms with Gasteiger partial charge in [-0.25, -0.2) is 0 Å². The number of nitrogens with zero attached hydrogens (tertiary/aromatic N) is 1. The lowest BCUT2D eigenvalue weighted by Gasteiger charge is -2.25. The van der Waals surface area contributed by atoms with E-state index in [2.05, 4.69) is 12.1 Å². The third-order valence-electron chi connectivity index (χ3n) is 4.52. The topological polar surface area (TPSA) is 55.6 Å². The summed E-state index contributed by atoms with van der Waals surface area (Å²) in [4.78, 5) is 15.6. The quantitative estimate of drug-likeness (QED) is 0.818. The minimum Gasteiger partial charge on any atom is -0.496 e. The van der Waals surface area contributed by atoms with Crippen LogP contribution in [0.15, 0.2) is 23.1 Å². The number of amides is 1. The molecule has 0 radical (unpaired) electrons. The Balaban J connectivity index is 2.05. The highest BCUT2D eigenvalue weighted by Gasteiger charge is 2.33. The van der Waals surface area contributed by atoms with Crippen LogP contribution in [0, 0.1) is 11.8 Å². The van der Waals surface area contributed by atoms with Gasteiger partial charge in [0, 0.05) is 24.4 Å². The standard InChI is InChI=1S/C17H26N2O2S/c1-19(17(20)14-6-4-5-13(14)10-18)11-12-7-8-16(22-3)15(9-12)21-2/h7-9,13-14H,4-6,10-11,18H2,1-3H3/t13-,14-/m1/s1. The molecule has 1 amide bonds. The first-order chi connectivity index (χ1) is 10.6. The molecular formula is C17H26N2O2S. The molecule has 1 aromatic carbocycles. The molecule has 2 N–H and O–H groups in total. The molecule has 22 heavy (non-hydrogen) atoms. The van der Waals surface area contributed by atoms with Gasteiger partial charge < -0.3 is 15.4 Å². The van der Waals surface area contributed by atoms with Crippen LogP contribution in [0.25, 0.3) is 0 Å². The number of benzene rings is 1. The summed E-state index contributed by atoms with van der Waals surface area (Å²) >= 11 is 1.66. The summed E-state index contributed by atoms with van der Waals surface area (Å²) in [6.07, 6.45) is 5.19. The molecule has 0 aromatic heterocycles. The fourth-order valence-corrected chi connectivity index (χ4v) is 3.81. The Morgan fingerprint density at radius 2 is 2.23 bits per heavy atom. The number of rotatable bonds is 6. The molecule has 1 fully saturated rings. The van der Waals surface area contributed by atoms with Gasteiger partial charge in [-0.1, -0.05) is 12.5 Å². The molecule has 1 saturated carbocycles. The van der Waals surface area contributed by atoms with Gasteiger partial charge in [0.15, 0.2) is 0 Å². The van der Waals surface area contributed by atoms with Crippen LogP contribution in [0.5, 0.6) is 5.75 Å². The SMILES string of the molecule is COc1cc(CN(C)C(=O)[C@@H]2CCC[C@@H]2CN)ccc1SC. The predicted molar refractivity (Wildman–Crippen MR) is 91.1 cm³/mol. The number of hydrogen-bond donors (Lipinski definition) is 1. The van der Waals surface area contributed by atoms with Gasteiger partial charge in [-0.05, 0) is 49.3 Å². The predicted octanol–water partition coefficient (Wildman–Crippen LogP) is 2.75. The number of thioether (sulfide) groups is 1. The molecule has 1 aliphatic rings. The van der Waals surface area contributed by atoms with Gasteiger partial charge in [-0.3, -0.25) is 4.79 Å². The highest BCUT2D eigenvalue weighted by Crippen LogP contribution is 2.33. The van der Waals surface area contributed by atoms with Crippen LogP contribution in [0.3, 0.4) is 0 Å². The first kappa shape index (κ1) is 17.2. The summed E-state index contributed by atoms with van der Waals surface area (Å²) in [5, 5.41) is 0. The summed E-state index contributed by atoms with van der Waals surface area (Å²) in [6.45, 7) is 1.22. The van der Waals surface area contributed by atoms with Gasteiger partial charge >= 0.3 is 0 Å². The van der Waals surface area contributed by atoms with Gasteiger partial charge in [0.2, 0.25) is 5.91 Å². The zero-order valence-electron chi connectivity index (χ0n) is 13.7. The first-order valence-corrected chi connectivity index (χ1v) is 8.99. The van der Waals surface area contributed by atoms with E-state index in [4.69, 9.17) is 10.5 Å². The Kier molecular flexibility index (Phi) is 6.15. The van der Waals surface area contributed by atoms with Crippen LogP contribution >= 0.6 is 11.8 Å². The van der Waals surface area contributed by atoms with Gasteiger partial charge in [-0.15, -0.1) is 11.8 Å². The summed E-state index contributed by atoms with van der Waals surface area (Å²) < 4.78 is 5.41. The average Bonchev–Trinajstić information content (AvgIpc) is 3.02. The van der Waals surface area contributed by atoms with Crippen molar-refractivity contribution >= 4 is 17.7 Å². The van der Waals surface area contributed by atoms with E-state index in [9.17, 15) is 4.79 Å². The third-order valence-corrected chi connectivity index (χ3v) is 5.30. The van der Waals surface area contributed by atoms with Crippen molar-refractivity contribution in [2.45, 2.75) is 30.7 Å². The molecule has 2 rings (SSSR count). The maximum absolute atomic E-state index is 12.6. The smallest absolute Gasteiger partial charge is 0.226 e. The van der Waals surface area contributed by atoms with E-state index in [0.717, 1.165) is 35.5 Å². The monoisotopic (exact) mass is 322 g/mol. The third kappa shape index (κ3) is 3.76. The van der Waals surface area contributed by atoms with Gasteiger partial charge in [0.05, 0.1) is 7.11 Å². The molecule has 5 heteroatoms. The number of methoxy groups -OCH3 is 1. The van der Waals surface area contributed by atoms with Crippen molar-refractivity contribution in [2.75, 3.05) is 27.0 Å². The second kappa shape index (κ2) is 7.88. The Morgan fingerprint density at radius 1 is 1.45 bits per heavy atom. The second-order valence-corrected chi connectivity index (χ2v) is 6.76. The number of nitrogens with two attached hydrogens (primary N) is 1. The molecule has 2 atom stereocenters. The molecule has 0 bridgehead atoms. The molecule has 1 aromatic rings. The summed E-state index contributed by atoms with van der Waals surface area (Å²) in [5.74, 6) is 1.54. The van der Waals surface area contributed by atoms with Crippen LogP contribution in [0.2, 0.25) is 0 Å². The summed E-state index contributed by atoms with van der Waals surface area (Å²) in [5.41, 5.74) is 6.89. The van der Waals surface area contributed by atoms with E-state index < -0.39 is 0 Å². The van der Waals surface area contributed by atoms with Crippen molar-refractivity contribution in [3.8, 4) is 5.75 Å². The molecule has 0 spiro atoms. The van der Waals surface area contributed by atoms with Gasteiger partial charge in [0.25, 0.3) is 0 Å². The Hall–Kier alpha value is -1.20. The number of carbonyl (C=O) groups is 1. The molecule has 4 nitrogen and oxygen atoms in total. The minimum atomic E-state index is 0.0994. The molecule has 1 aliphatic carbocycles. The van der Waals surface area contributed by atoms with Crippen molar-refractivity contribution in [1.29, 1.82) is 0 Å². The van der Waals surface area contributed by atoms with Crippen molar-refractivity contribution in [3.63, 3.8) is 0 Å². The fourth-order valence-electron chi connectivity index (χ4n) is 3.26. The van der Waals surface area contributed by atoms with Crippen molar-refractivity contribution in [3.05, 3.63) is 23.8 Å². The van der Waals surface area contributed by atoms with Crippen LogP contribution in [0.1, 0.15) is 24.8 Å². The maximum Gasteiger partial charge on any atom is 0.226 e. The lowest BCUT2D eigenvalue weighted by Crippen LogP contribution is -2.36. The van der Waals surface area contributed by atoms with E-state index in [1.165, 1.54) is 0 Å². The molecule has 0 saturated heterocycles. The van der Waals surface area contributed by atoms with E-state index >= 15 is 0 Å². The second-order valence-electron chi connectivity index (χ2n) is 5.92. The fraction of sp³-hybridized carbons (Fsp3) is 0.588. The molecule has 0 heterocycles. The van der Waals surface area contributed by atoms with E-state index in [1.807, 2.05) is 24.3 Å². The average molecular weight is 322 g/mol. The Bertz CT molecular complexity index is 521. The van der Waals surface area contributed by atoms with E-state index in [-0.39, 0.29) is 11.8 Å². The highest BCUT2D eigenvalue weighted by molar-refractivity contribution is 7.98. The molecule has 0 unspecified atom stereocenters.